The number of amides is 1. The van der Waals surface area contributed by atoms with Crippen molar-refractivity contribution in [1.82, 2.24) is 14.9 Å². The third kappa shape index (κ3) is 2.77. The van der Waals surface area contributed by atoms with E-state index in [0.29, 0.717) is 13.0 Å². The summed E-state index contributed by atoms with van der Waals surface area (Å²) in [5.41, 5.74) is 1.07. The van der Waals surface area contributed by atoms with E-state index in [2.05, 4.69) is 44.5 Å². The van der Waals surface area contributed by atoms with Gasteiger partial charge in [-0.1, -0.05) is 12.1 Å². The number of carbonyl (C=O) groups excluding carboxylic acids is 1. The van der Waals surface area contributed by atoms with Gasteiger partial charge in [-0.15, -0.1) is 6.58 Å². The van der Waals surface area contributed by atoms with E-state index in [-0.39, 0.29) is 17.4 Å². The number of nitrogens with zero attached hydrogens (tertiary/aromatic N) is 4. The Hall–Kier alpha value is -2.69. The lowest BCUT2D eigenvalue weighted by atomic mass is 9.73. The monoisotopic (exact) mass is 348 g/mol. The largest absolute Gasteiger partial charge is 0.356 e. The van der Waals surface area contributed by atoms with Gasteiger partial charge in [0.1, 0.15) is 5.82 Å². The van der Waals surface area contributed by atoms with Crippen molar-refractivity contribution < 1.29 is 4.79 Å². The van der Waals surface area contributed by atoms with Gasteiger partial charge in [0.25, 0.3) is 0 Å². The first-order valence-electron chi connectivity index (χ1n) is 9.22. The van der Waals surface area contributed by atoms with Crippen LogP contribution in [-0.2, 0) is 4.79 Å². The molecular formula is C21H24N4O. The molecule has 2 aliphatic heterocycles. The van der Waals surface area contributed by atoms with Crippen LogP contribution in [0.25, 0.3) is 0 Å². The van der Waals surface area contributed by atoms with E-state index in [4.69, 9.17) is 0 Å². The van der Waals surface area contributed by atoms with Crippen LogP contribution in [0.3, 0.4) is 0 Å². The zero-order valence-electron chi connectivity index (χ0n) is 14.9. The fraction of sp³-hybridized carbons (Fsp3) is 0.381. The Morgan fingerprint density at radius 3 is 2.58 bits per heavy atom. The zero-order valence-corrected chi connectivity index (χ0v) is 14.9. The van der Waals surface area contributed by atoms with Gasteiger partial charge in [0.15, 0.2) is 0 Å². The van der Waals surface area contributed by atoms with Gasteiger partial charge in [0.2, 0.25) is 5.91 Å². The number of piperidine rings is 1. The molecule has 0 saturated carbocycles. The summed E-state index contributed by atoms with van der Waals surface area (Å²) in [6.45, 7) is 6.29. The molecule has 1 atom stereocenters. The summed E-state index contributed by atoms with van der Waals surface area (Å²) in [6, 6.07) is 10.1. The summed E-state index contributed by atoms with van der Waals surface area (Å²) >= 11 is 0. The van der Waals surface area contributed by atoms with Crippen molar-refractivity contribution >= 4 is 11.7 Å². The summed E-state index contributed by atoms with van der Waals surface area (Å²) in [6.07, 6.45) is 9.79. The Bertz CT molecular complexity index is 769. The van der Waals surface area contributed by atoms with Crippen LogP contribution in [0.4, 0.5) is 5.82 Å². The van der Waals surface area contributed by atoms with Gasteiger partial charge in [-0.25, -0.2) is 4.98 Å². The molecule has 0 aromatic carbocycles. The SMILES string of the molecule is C=CCN1C(=O)CC(c2ccncc2)C12CCN(c1ccccn1)CC2. The van der Waals surface area contributed by atoms with E-state index in [1.807, 2.05) is 36.8 Å². The molecule has 5 heteroatoms. The van der Waals surface area contributed by atoms with Crippen LogP contribution in [0.2, 0.25) is 0 Å². The van der Waals surface area contributed by atoms with Crippen molar-refractivity contribution in [1.29, 1.82) is 0 Å². The first kappa shape index (κ1) is 16.8. The average molecular weight is 348 g/mol. The fourth-order valence-electron chi connectivity index (χ4n) is 4.63. The summed E-state index contributed by atoms with van der Waals surface area (Å²) in [5, 5.41) is 0. The topological polar surface area (TPSA) is 49.3 Å². The first-order valence-corrected chi connectivity index (χ1v) is 9.22. The lowest BCUT2D eigenvalue weighted by molar-refractivity contribution is -0.131. The molecule has 0 aliphatic carbocycles. The van der Waals surface area contributed by atoms with E-state index in [0.717, 1.165) is 31.7 Å². The van der Waals surface area contributed by atoms with Crippen LogP contribution < -0.4 is 4.90 Å². The lowest BCUT2D eigenvalue weighted by Crippen LogP contribution is -2.55. The molecule has 4 heterocycles. The zero-order chi connectivity index (χ0) is 18.0. The number of pyridine rings is 2. The minimum atomic E-state index is -0.141. The van der Waals surface area contributed by atoms with E-state index in [1.54, 1.807) is 0 Å². The lowest BCUT2D eigenvalue weighted by Gasteiger charge is -2.48. The second kappa shape index (κ2) is 6.90. The van der Waals surface area contributed by atoms with E-state index >= 15 is 0 Å². The number of hydrogen-bond acceptors (Lipinski definition) is 4. The van der Waals surface area contributed by atoms with Crippen molar-refractivity contribution in [3.8, 4) is 0 Å². The molecule has 2 saturated heterocycles. The number of carbonyl (C=O) groups is 1. The molecule has 0 N–H and O–H groups in total. The molecule has 2 aromatic heterocycles. The van der Waals surface area contributed by atoms with E-state index in [1.165, 1.54) is 5.56 Å². The molecule has 1 spiro atoms. The predicted molar refractivity (Wildman–Crippen MR) is 102 cm³/mol. The standard InChI is InChI=1S/C21H24N4O/c1-2-13-25-20(26)16-18(17-6-11-22-12-7-17)21(25)8-14-24(15-9-21)19-5-3-4-10-23-19/h2-7,10-12,18H,1,8-9,13-16H2. The van der Waals surface area contributed by atoms with Gasteiger partial charge < -0.3 is 9.80 Å². The van der Waals surface area contributed by atoms with Crippen molar-refractivity contribution in [3.05, 3.63) is 67.1 Å². The third-order valence-corrected chi connectivity index (χ3v) is 5.89. The maximum absolute atomic E-state index is 12.8. The highest BCUT2D eigenvalue weighted by Crippen LogP contribution is 2.49. The second-order valence-electron chi connectivity index (χ2n) is 7.11. The van der Waals surface area contributed by atoms with Crippen molar-refractivity contribution in [2.45, 2.75) is 30.7 Å². The fourth-order valence-corrected chi connectivity index (χ4v) is 4.63. The van der Waals surface area contributed by atoms with Crippen molar-refractivity contribution in [2.24, 2.45) is 0 Å². The molecule has 1 unspecified atom stereocenters. The highest BCUT2D eigenvalue weighted by atomic mass is 16.2. The molecule has 0 bridgehead atoms. The Morgan fingerprint density at radius 2 is 1.92 bits per heavy atom. The van der Waals surface area contributed by atoms with Crippen molar-refractivity contribution in [3.63, 3.8) is 0 Å². The number of hydrogen-bond donors (Lipinski definition) is 0. The summed E-state index contributed by atoms with van der Waals surface area (Å²) < 4.78 is 0. The minimum absolute atomic E-state index is 0.141. The quantitative estimate of drug-likeness (QED) is 0.797. The van der Waals surface area contributed by atoms with E-state index < -0.39 is 0 Å². The highest BCUT2D eigenvalue weighted by Gasteiger charge is 2.53. The number of rotatable bonds is 4. The number of aromatic nitrogens is 2. The van der Waals surface area contributed by atoms with Crippen LogP contribution in [0.1, 0.15) is 30.7 Å². The number of anilines is 1. The van der Waals surface area contributed by atoms with Gasteiger partial charge in [0, 0.05) is 50.6 Å². The molecule has 0 radical (unpaired) electrons. The Kier molecular flexibility index (Phi) is 4.45. The summed E-state index contributed by atoms with van der Waals surface area (Å²) in [7, 11) is 0. The predicted octanol–water partition coefficient (Wildman–Crippen LogP) is 3.02. The maximum Gasteiger partial charge on any atom is 0.224 e. The average Bonchev–Trinajstić information content (AvgIpc) is 2.96. The van der Waals surface area contributed by atoms with Gasteiger partial charge in [-0.3, -0.25) is 9.78 Å². The Morgan fingerprint density at radius 1 is 1.15 bits per heavy atom. The molecule has 2 aliphatic rings. The molecule has 4 rings (SSSR count). The van der Waals surface area contributed by atoms with Crippen LogP contribution in [-0.4, -0.2) is 45.9 Å². The van der Waals surface area contributed by atoms with Crippen LogP contribution in [0, 0.1) is 0 Å². The van der Waals surface area contributed by atoms with Gasteiger partial charge in [-0.2, -0.15) is 0 Å². The molecule has 1 amide bonds. The first-order chi connectivity index (χ1) is 12.7. The molecule has 2 fully saturated rings. The smallest absolute Gasteiger partial charge is 0.224 e. The number of likely N-dealkylation sites (tertiary alicyclic amines) is 1. The van der Waals surface area contributed by atoms with Gasteiger partial charge in [0.05, 0.1) is 5.54 Å². The van der Waals surface area contributed by atoms with E-state index in [9.17, 15) is 4.79 Å². The third-order valence-electron chi connectivity index (χ3n) is 5.89. The van der Waals surface area contributed by atoms with Crippen molar-refractivity contribution in [2.75, 3.05) is 24.5 Å². The molecule has 26 heavy (non-hydrogen) atoms. The normalized spacial score (nSPS) is 22.0. The maximum atomic E-state index is 12.8. The molecule has 5 nitrogen and oxygen atoms in total. The van der Waals surface area contributed by atoms with Crippen LogP contribution >= 0.6 is 0 Å². The molecule has 2 aromatic rings. The molecular weight excluding hydrogens is 324 g/mol. The molecule has 134 valence electrons. The Balaban J connectivity index is 1.64. The Labute approximate surface area is 154 Å². The minimum Gasteiger partial charge on any atom is -0.356 e. The van der Waals surface area contributed by atoms with Crippen LogP contribution in [0.5, 0.6) is 0 Å². The summed E-state index contributed by atoms with van der Waals surface area (Å²) in [5.74, 6) is 1.46. The summed E-state index contributed by atoms with van der Waals surface area (Å²) in [4.78, 5) is 25.8. The van der Waals surface area contributed by atoms with Gasteiger partial charge >= 0.3 is 0 Å². The second-order valence-corrected chi connectivity index (χ2v) is 7.11. The van der Waals surface area contributed by atoms with Crippen LogP contribution in [0.15, 0.2) is 61.6 Å². The van der Waals surface area contributed by atoms with Gasteiger partial charge in [-0.05, 0) is 42.7 Å². The highest BCUT2D eigenvalue weighted by molar-refractivity contribution is 5.82.